The van der Waals surface area contributed by atoms with Crippen LogP contribution in [0.1, 0.15) is 26.3 Å². The predicted molar refractivity (Wildman–Crippen MR) is 53.5 cm³/mol. The molecule has 3 nitrogen and oxygen atoms in total. The number of phenols is 1. The maximum Gasteiger partial charge on any atom is 0.124 e. The lowest BCUT2D eigenvalue weighted by Gasteiger charge is -1.99. The van der Waals surface area contributed by atoms with Gasteiger partial charge in [-0.05, 0) is 19.1 Å². The molecule has 0 amide bonds. The average molecular weight is 181 g/mol. The molecule has 0 saturated heterocycles. The van der Waals surface area contributed by atoms with Crippen molar-refractivity contribution < 1.29 is 10.3 Å². The summed E-state index contributed by atoms with van der Waals surface area (Å²) in [6.45, 7) is 5.62. The van der Waals surface area contributed by atoms with Gasteiger partial charge < -0.3 is 10.3 Å². The highest BCUT2D eigenvalue weighted by molar-refractivity contribution is 6.00. The van der Waals surface area contributed by atoms with Crippen LogP contribution in [0.3, 0.4) is 0 Å². The number of para-hydroxylation sites is 1. The molecular formula is C10H15NO2. The van der Waals surface area contributed by atoms with E-state index in [0.717, 1.165) is 0 Å². The molecule has 1 aromatic rings. The summed E-state index contributed by atoms with van der Waals surface area (Å²) in [4.78, 5) is 0. The van der Waals surface area contributed by atoms with Crippen LogP contribution in [-0.4, -0.2) is 16.0 Å². The number of rotatable bonds is 1. The Bertz CT molecular complexity index is 282. The van der Waals surface area contributed by atoms with E-state index in [1.807, 2.05) is 13.8 Å². The molecule has 0 unspecified atom stereocenters. The highest BCUT2D eigenvalue weighted by Crippen LogP contribution is 2.15. The molecule has 0 aliphatic rings. The van der Waals surface area contributed by atoms with Crippen molar-refractivity contribution >= 4 is 5.71 Å². The Kier molecular flexibility index (Phi) is 5.35. The lowest BCUT2D eigenvalue weighted by atomic mass is 10.1. The first-order valence-electron chi connectivity index (χ1n) is 4.22. The molecule has 0 aromatic heterocycles. The molecule has 72 valence electrons. The number of hydrogen-bond acceptors (Lipinski definition) is 3. The van der Waals surface area contributed by atoms with E-state index in [4.69, 9.17) is 5.21 Å². The smallest absolute Gasteiger partial charge is 0.124 e. The van der Waals surface area contributed by atoms with E-state index in [2.05, 4.69) is 5.16 Å². The van der Waals surface area contributed by atoms with Gasteiger partial charge in [0, 0.05) is 5.56 Å². The summed E-state index contributed by atoms with van der Waals surface area (Å²) < 4.78 is 0. The Morgan fingerprint density at radius 2 is 1.77 bits per heavy atom. The Balaban J connectivity index is 0.000000671. The summed E-state index contributed by atoms with van der Waals surface area (Å²) in [5.74, 6) is 0.128. The summed E-state index contributed by atoms with van der Waals surface area (Å²) in [5, 5.41) is 20.6. The minimum absolute atomic E-state index is 0.128. The fourth-order valence-electron chi connectivity index (χ4n) is 0.833. The van der Waals surface area contributed by atoms with Crippen LogP contribution in [0.15, 0.2) is 29.4 Å². The summed E-state index contributed by atoms with van der Waals surface area (Å²) in [6, 6.07) is 6.71. The first kappa shape index (κ1) is 11.5. The van der Waals surface area contributed by atoms with Gasteiger partial charge in [-0.15, -0.1) is 0 Å². The Labute approximate surface area is 78.3 Å². The Hall–Kier alpha value is -1.51. The highest BCUT2D eigenvalue weighted by atomic mass is 16.4. The molecule has 0 aliphatic heterocycles. The molecule has 13 heavy (non-hydrogen) atoms. The van der Waals surface area contributed by atoms with Gasteiger partial charge in [0.15, 0.2) is 0 Å². The number of nitrogens with zero attached hydrogens (tertiary/aromatic N) is 1. The van der Waals surface area contributed by atoms with Gasteiger partial charge in [0.1, 0.15) is 5.75 Å². The standard InChI is InChI=1S/C8H9NO2.C2H6/c1-6(9-11)7-4-2-3-5-8(7)10;1-2/h2-5,10-11H,1H3;1-2H3/b9-6-;. The maximum absolute atomic E-state index is 9.22. The van der Waals surface area contributed by atoms with E-state index in [9.17, 15) is 5.11 Å². The van der Waals surface area contributed by atoms with Crippen LogP contribution in [0.5, 0.6) is 5.75 Å². The first-order valence-corrected chi connectivity index (χ1v) is 4.22. The Morgan fingerprint density at radius 1 is 1.23 bits per heavy atom. The summed E-state index contributed by atoms with van der Waals surface area (Å²) >= 11 is 0. The van der Waals surface area contributed by atoms with Crippen molar-refractivity contribution in [3.63, 3.8) is 0 Å². The SMILES string of the molecule is C/C(=N/O)c1ccccc1O.CC. The van der Waals surface area contributed by atoms with Gasteiger partial charge >= 0.3 is 0 Å². The zero-order valence-electron chi connectivity index (χ0n) is 8.15. The summed E-state index contributed by atoms with van der Waals surface area (Å²) in [7, 11) is 0. The molecule has 0 saturated carbocycles. The summed E-state index contributed by atoms with van der Waals surface area (Å²) in [5.41, 5.74) is 0.957. The fourth-order valence-corrected chi connectivity index (χ4v) is 0.833. The van der Waals surface area contributed by atoms with Crippen LogP contribution in [0.25, 0.3) is 0 Å². The van der Waals surface area contributed by atoms with E-state index in [0.29, 0.717) is 11.3 Å². The van der Waals surface area contributed by atoms with Crippen molar-refractivity contribution in [2.75, 3.05) is 0 Å². The van der Waals surface area contributed by atoms with E-state index < -0.39 is 0 Å². The quantitative estimate of drug-likeness (QED) is 0.397. The third-order valence-corrected chi connectivity index (χ3v) is 1.44. The van der Waals surface area contributed by atoms with E-state index in [1.54, 1.807) is 31.2 Å². The van der Waals surface area contributed by atoms with E-state index in [-0.39, 0.29) is 5.75 Å². The van der Waals surface area contributed by atoms with Gasteiger partial charge in [0.2, 0.25) is 0 Å². The van der Waals surface area contributed by atoms with Crippen molar-refractivity contribution in [3.05, 3.63) is 29.8 Å². The number of phenolic OH excluding ortho intramolecular Hbond substituents is 1. The third kappa shape index (κ3) is 3.15. The van der Waals surface area contributed by atoms with Crippen LogP contribution < -0.4 is 0 Å². The Morgan fingerprint density at radius 3 is 2.23 bits per heavy atom. The number of aromatic hydroxyl groups is 1. The van der Waals surface area contributed by atoms with Crippen LogP contribution in [0, 0.1) is 0 Å². The van der Waals surface area contributed by atoms with Crippen LogP contribution in [0.4, 0.5) is 0 Å². The molecule has 0 aliphatic carbocycles. The number of hydrogen-bond donors (Lipinski definition) is 2. The highest BCUT2D eigenvalue weighted by Gasteiger charge is 2.01. The molecule has 1 aromatic carbocycles. The van der Waals surface area contributed by atoms with Crippen molar-refractivity contribution in [3.8, 4) is 5.75 Å². The van der Waals surface area contributed by atoms with Crippen LogP contribution in [-0.2, 0) is 0 Å². The molecule has 0 spiro atoms. The molecule has 0 heterocycles. The van der Waals surface area contributed by atoms with E-state index in [1.165, 1.54) is 0 Å². The van der Waals surface area contributed by atoms with Crippen molar-refractivity contribution in [1.29, 1.82) is 0 Å². The van der Waals surface area contributed by atoms with Crippen LogP contribution >= 0.6 is 0 Å². The second kappa shape index (κ2) is 6.06. The summed E-state index contributed by atoms with van der Waals surface area (Å²) in [6.07, 6.45) is 0. The number of oxime groups is 1. The zero-order chi connectivity index (χ0) is 10.3. The average Bonchev–Trinajstić information content (AvgIpc) is 2.20. The molecule has 2 N–H and O–H groups in total. The maximum atomic E-state index is 9.22. The lowest BCUT2D eigenvalue weighted by Crippen LogP contribution is -1.93. The van der Waals surface area contributed by atoms with Crippen molar-refractivity contribution in [1.82, 2.24) is 0 Å². The predicted octanol–water partition coefficient (Wildman–Crippen LogP) is 2.62. The third-order valence-electron chi connectivity index (χ3n) is 1.44. The largest absolute Gasteiger partial charge is 0.507 e. The van der Waals surface area contributed by atoms with Gasteiger partial charge in [-0.25, -0.2) is 0 Å². The fraction of sp³-hybridized carbons (Fsp3) is 0.300. The topological polar surface area (TPSA) is 52.8 Å². The molecule has 3 heteroatoms. The van der Waals surface area contributed by atoms with Crippen molar-refractivity contribution in [2.45, 2.75) is 20.8 Å². The van der Waals surface area contributed by atoms with Gasteiger partial charge in [0.05, 0.1) is 5.71 Å². The normalized spacial score (nSPS) is 10.2. The van der Waals surface area contributed by atoms with Gasteiger partial charge in [-0.1, -0.05) is 31.1 Å². The second-order valence-corrected chi connectivity index (χ2v) is 2.20. The monoisotopic (exact) mass is 181 g/mol. The second-order valence-electron chi connectivity index (χ2n) is 2.20. The van der Waals surface area contributed by atoms with E-state index >= 15 is 0 Å². The molecule has 0 atom stereocenters. The van der Waals surface area contributed by atoms with Gasteiger partial charge in [-0.2, -0.15) is 0 Å². The van der Waals surface area contributed by atoms with Crippen LogP contribution in [0.2, 0.25) is 0 Å². The number of benzene rings is 1. The minimum Gasteiger partial charge on any atom is -0.507 e. The van der Waals surface area contributed by atoms with Gasteiger partial charge in [-0.3, -0.25) is 0 Å². The molecule has 0 radical (unpaired) electrons. The minimum atomic E-state index is 0.128. The molecule has 1 rings (SSSR count). The molecule has 0 fully saturated rings. The zero-order valence-corrected chi connectivity index (χ0v) is 8.15. The molecule has 0 bridgehead atoms. The van der Waals surface area contributed by atoms with Crippen molar-refractivity contribution in [2.24, 2.45) is 5.16 Å². The first-order chi connectivity index (χ1) is 6.25. The van der Waals surface area contributed by atoms with Gasteiger partial charge in [0.25, 0.3) is 0 Å². The lowest BCUT2D eigenvalue weighted by molar-refractivity contribution is 0.318. The molecular weight excluding hydrogens is 166 g/mol.